The first-order valence-corrected chi connectivity index (χ1v) is 8.57. The van der Waals surface area contributed by atoms with Gasteiger partial charge in [-0.25, -0.2) is 5.10 Å². The van der Waals surface area contributed by atoms with Crippen LogP contribution in [0.4, 0.5) is 0 Å². The monoisotopic (exact) mass is 384 g/mol. The van der Waals surface area contributed by atoms with Gasteiger partial charge in [0.1, 0.15) is 0 Å². The van der Waals surface area contributed by atoms with Gasteiger partial charge in [0.15, 0.2) is 17.3 Å². The molecule has 0 amide bonds. The summed E-state index contributed by atoms with van der Waals surface area (Å²) in [7, 11) is 4.69. The summed E-state index contributed by atoms with van der Waals surface area (Å²) in [6.07, 6.45) is 1.75. The second-order valence-electron chi connectivity index (χ2n) is 5.68. The Morgan fingerprint density at radius 2 is 1.74 bits per heavy atom. The van der Waals surface area contributed by atoms with Gasteiger partial charge in [0, 0.05) is 5.56 Å². The lowest BCUT2D eigenvalue weighted by Gasteiger charge is -2.13. The third-order valence-corrected chi connectivity index (χ3v) is 4.34. The van der Waals surface area contributed by atoms with Gasteiger partial charge in [-0.05, 0) is 42.4 Å². The van der Waals surface area contributed by atoms with Crippen LogP contribution in [0.3, 0.4) is 0 Å². The second-order valence-corrected chi connectivity index (χ2v) is 6.07. The fourth-order valence-electron chi connectivity index (χ4n) is 2.65. The number of nitrogens with one attached hydrogen (secondary N) is 1. The van der Waals surface area contributed by atoms with Gasteiger partial charge in [0.25, 0.3) is 0 Å². The molecule has 1 aromatic heterocycles. The van der Waals surface area contributed by atoms with Crippen molar-refractivity contribution in [2.45, 2.75) is 6.92 Å². The number of ether oxygens (including phenoxy) is 3. The molecule has 0 aliphatic rings. The molecular formula is C19H20N4O3S. The minimum Gasteiger partial charge on any atom is -0.493 e. The first kappa shape index (κ1) is 18.7. The number of benzene rings is 2. The van der Waals surface area contributed by atoms with Crippen molar-refractivity contribution in [2.75, 3.05) is 21.3 Å². The number of rotatable bonds is 6. The molecule has 3 rings (SSSR count). The van der Waals surface area contributed by atoms with E-state index in [1.165, 1.54) is 0 Å². The van der Waals surface area contributed by atoms with E-state index in [4.69, 9.17) is 26.4 Å². The molecule has 0 fully saturated rings. The molecule has 1 N–H and O–H groups in total. The van der Waals surface area contributed by atoms with Crippen LogP contribution in [0.15, 0.2) is 41.5 Å². The van der Waals surface area contributed by atoms with E-state index in [0.717, 1.165) is 16.7 Å². The van der Waals surface area contributed by atoms with Crippen molar-refractivity contribution in [1.29, 1.82) is 0 Å². The van der Waals surface area contributed by atoms with Gasteiger partial charge < -0.3 is 14.2 Å². The summed E-state index contributed by atoms with van der Waals surface area (Å²) >= 11 is 5.34. The van der Waals surface area contributed by atoms with Crippen LogP contribution in [0.25, 0.3) is 11.4 Å². The van der Waals surface area contributed by atoms with Crippen molar-refractivity contribution in [3.05, 3.63) is 52.3 Å². The summed E-state index contributed by atoms with van der Waals surface area (Å²) < 4.78 is 18.1. The Labute approximate surface area is 162 Å². The molecule has 7 nitrogen and oxygen atoms in total. The second kappa shape index (κ2) is 8.05. The van der Waals surface area contributed by atoms with Crippen LogP contribution >= 0.6 is 12.2 Å². The number of aromatic nitrogens is 3. The normalized spacial score (nSPS) is 11.0. The maximum atomic E-state index is 5.42. The number of H-pyrrole nitrogens is 1. The molecule has 0 radical (unpaired) electrons. The van der Waals surface area contributed by atoms with Crippen LogP contribution in [0, 0.1) is 11.7 Å². The van der Waals surface area contributed by atoms with E-state index >= 15 is 0 Å². The average Bonchev–Trinajstić information content (AvgIpc) is 3.06. The Morgan fingerprint density at radius 1 is 1.07 bits per heavy atom. The molecule has 0 saturated heterocycles. The van der Waals surface area contributed by atoms with E-state index in [1.807, 2.05) is 31.2 Å². The summed E-state index contributed by atoms with van der Waals surface area (Å²) in [6, 6.07) is 11.6. The number of nitrogens with zero attached hydrogens (tertiary/aromatic N) is 3. The molecule has 0 bridgehead atoms. The number of aromatic amines is 1. The highest BCUT2D eigenvalue weighted by Gasteiger charge is 2.17. The molecule has 8 heteroatoms. The maximum absolute atomic E-state index is 5.42. The zero-order valence-corrected chi connectivity index (χ0v) is 16.3. The fourth-order valence-corrected chi connectivity index (χ4v) is 2.83. The van der Waals surface area contributed by atoms with Crippen LogP contribution in [0.1, 0.15) is 11.1 Å². The van der Waals surface area contributed by atoms with E-state index in [1.54, 1.807) is 44.4 Å². The number of hydrogen-bond acceptors (Lipinski definition) is 6. The molecule has 0 atom stereocenters. The number of aryl methyl sites for hydroxylation is 1. The first-order valence-electron chi connectivity index (χ1n) is 8.16. The van der Waals surface area contributed by atoms with Gasteiger partial charge in [0.05, 0.1) is 27.5 Å². The summed E-state index contributed by atoms with van der Waals surface area (Å²) in [5, 5.41) is 11.6. The van der Waals surface area contributed by atoms with Crippen LogP contribution < -0.4 is 14.2 Å². The minimum absolute atomic E-state index is 0.378. The highest BCUT2D eigenvalue weighted by Crippen LogP contribution is 2.40. The largest absolute Gasteiger partial charge is 0.493 e. The lowest BCUT2D eigenvalue weighted by Crippen LogP contribution is -1.99. The van der Waals surface area contributed by atoms with Crippen molar-refractivity contribution in [3.63, 3.8) is 0 Å². The smallest absolute Gasteiger partial charge is 0.216 e. The Morgan fingerprint density at radius 3 is 2.33 bits per heavy atom. The lowest BCUT2D eigenvalue weighted by atomic mass is 10.1. The molecule has 0 unspecified atom stereocenters. The van der Waals surface area contributed by atoms with Crippen molar-refractivity contribution >= 4 is 18.4 Å². The first-order chi connectivity index (χ1) is 13.1. The van der Waals surface area contributed by atoms with Gasteiger partial charge in [-0.3, -0.25) is 0 Å². The molecule has 0 aliphatic carbocycles. The van der Waals surface area contributed by atoms with Crippen molar-refractivity contribution < 1.29 is 14.2 Å². The van der Waals surface area contributed by atoms with Gasteiger partial charge in [-0.1, -0.05) is 24.3 Å². The number of methoxy groups -OCH3 is 3. The fraction of sp³-hybridized carbons (Fsp3) is 0.211. The van der Waals surface area contributed by atoms with E-state index in [0.29, 0.717) is 27.8 Å². The van der Waals surface area contributed by atoms with Crippen molar-refractivity contribution in [3.8, 4) is 28.6 Å². The van der Waals surface area contributed by atoms with Crippen LogP contribution in [-0.4, -0.2) is 42.4 Å². The molecule has 27 heavy (non-hydrogen) atoms. The molecule has 0 saturated carbocycles. The van der Waals surface area contributed by atoms with Crippen LogP contribution in [0.5, 0.6) is 17.2 Å². The highest BCUT2D eigenvalue weighted by atomic mass is 32.1. The quantitative estimate of drug-likeness (QED) is 0.517. The van der Waals surface area contributed by atoms with E-state index < -0.39 is 0 Å². The van der Waals surface area contributed by atoms with E-state index in [2.05, 4.69) is 15.3 Å². The molecular weight excluding hydrogens is 364 g/mol. The SMILES string of the molecule is COc1cc(-c2n[nH]c(=S)n2/N=C\c2ccccc2C)cc(OC)c1OC. The summed E-state index contributed by atoms with van der Waals surface area (Å²) in [5.41, 5.74) is 2.83. The van der Waals surface area contributed by atoms with Crippen LogP contribution in [-0.2, 0) is 0 Å². The molecule has 0 spiro atoms. The van der Waals surface area contributed by atoms with Crippen molar-refractivity contribution in [2.24, 2.45) is 5.10 Å². The van der Waals surface area contributed by atoms with Gasteiger partial charge in [-0.2, -0.15) is 14.9 Å². The lowest BCUT2D eigenvalue weighted by molar-refractivity contribution is 0.324. The minimum atomic E-state index is 0.378. The zero-order chi connectivity index (χ0) is 19.4. The molecule has 0 aliphatic heterocycles. The molecule has 2 aromatic carbocycles. The Hall–Kier alpha value is -3.13. The predicted molar refractivity (Wildman–Crippen MR) is 107 cm³/mol. The van der Waals surface area contributed by atoms with Crippen LogP contribution in [0.2, 0.25) is 0 Å². The van der Waals surface area contributed by atoms with Gasteiger partial charge in [0.2, 0.25) is 10.5 Å². The third kappa shape index (κ3) is 3.70. The van der Waals surface area contributed by atoms with Gasteiger partial charge in [-0.15, -0.1) is 0 Å². The zero-order valence-electron chi connectivity index (χ0n) is 15.5. The maximum Gasteiger partial charge on any atom is 0.216 e. The topological polar surface area (TPSA) is 73.7 Å². The number of hydrogen-bond donors (Lipinski definition) is 1. The highest BCUT2D eigenvalue weighted by molar-refractivity contribution is 7.71. The van der Waals surface area contributed by atoms with Gasteiger partial charge >= 0.3 is 0 Å². The molecule has 3 aromatic rings. The molecule has 140 valence electrons. The Kier molecular flexibility index (Phi) is 5.56. The van der Waals surface area contributed by atoms with E-state index in [9.17, 15) is 0 Å². The summed E-state index contributed by atoms with van der Waals surface area (Å²) in [5.74, 6) is 2.09. The predicted octanol–water partition coefficient (Wildman–Crippen LogP) is 3.82. The average molecular weight is 384 g/mol. The molecule has 1 heterocycles. The summed E-state index contributed by atoms with van der Waals surface area (Å²) in [4.78, 5) is 0. The van der Waals surface area contributed by atoms with E-state index in [-0.39, 0.29) is 0 Å². The van der Waals surface area contributed by atoms with Crippen molar-refractivity contribution in [1.82, 2.24) is 14.9 Å². The summed E-state index contributed by atoms with van der Waals surface area (Å²) in [6.45, 7) is 2.02. The standard InChI is InChI=1S/C19H20N4O3S/c1-12-7-5-6-8-13(12)11-20-23-18(21-22-19(23)27)14-9-15(24-2)17(26-4)16(10-14)25-3/h5-11H,1-4H3,(H,22,27)/b20-11-. The Balaban J connectivity index is 2.10. The Bertz CT molecular complexity index is 1010. The third-order valence-electron chi connectivity index (χ3n) is 4.07.